The number of hydrogen-bond acceptors (Lipinski definition) is 3. The maximum absolute atomic E-state index is 11.2. The van der Waals surface area contributed by atoms with Gasteiger partial charge in [-0.1, -0.05) is 12.8 Å². The number of hydrogen-bond donors (Lipinski definition) is 3. The van der Waals surface area contributed by atoms with Crippen molar-refractivity contribution in [2.75, 3.05) is 6.54 Å². The van der Waals surface area contributed by atoms with Crippen molar-refractivity contribution in [2.45, 2.75) is 44.9 Å². The molecule has 0 aliphatic heterocycles. The fourth-order valence-corrected chi connectivity index (χ4v) is 1.34. The fourth-order valence-electron chi connectivity index (χ4n) is 1.34. The first kappa shape index (κ1) is 15.4. The Balaban J connectivity index is 3.27. The topological polar surface area (TPSA) is 109 Å². The van der Waals surface area contributed by atoms with Gasteiger partial charge in [-0.15, -0.1) is 0 Å². The van der Waals surface area contributed by atoms with Crippen LogP contribution in [-0.4, -0.2) is 29.4 Å². The van der Waals surface area contributed by atoms with Crippen molar-refractivity contribution in [3.05, 3.63) is 0 Å². The minimum Gasteiger partial charge on any atom is -0.481 e. The van der Waals surface area contributed by atoms with Crippen LogP contribution >= 0.6 is 0 Å². The van der Waals surface area contributed by atoms with Gasteiger partial charge in [-0.3, -0.25) is 14.4 Å². The summed E-state index contributed by atoms with van der Waals surface area (Å²) in [7, 11) is 0. The zero-order valence-corrected chi connectivity index (χ0v) is 9.91. The van der Waals surface area contributed by atoms with E-state index >= 15 is 0 Å². The minimum atomic E-state index is -0.920. The number of amides is 2. The van der Waals surface area contributed by atoms with Crippen LogP contribution in [0.2, 0.25) is 0 Å². The second kappa shape index (κ2) is 9.62. The Kier molecular flexibility index (Phi) is 8.72. The lowest BCUT2D eigenvalue weighted by molar-refractivity contribution is -0.137. The van der Waals surface area contributed by atoms with Crippen LogP contribution in [-0.2, 0) is 14.4 Å². The molecule has 0 spiro atoms. The second-order valence-electron chi connectivity index (χ2n) is 3.87. The van der Waals surface area contributed by atoms with Crippen molar-refractivity contribution in [3.63, 3.8) is 0 Å². The van der Waals surface area contributed by atoms with Crippen LogP contribution in [0.25, 0.3) is 0 Å². The number of unbranched alkanes of at least 4 members (excludes halogenated alkanes) is 3. The molecular formula is C11H20N2O4. The normalized spacial score (nSPS) is 9.88. The van der Waals surface area contributed by atoms with Crippen LogP contribution in [0.1, 0.15) is 44.9 Å². The summed E-state index contributed by atoms with van der Waals surface area (Å²) in [5.74, 6) is -1.34. The first-order chi connectivity index (χ1) is 8.02. The molecule has 0 unspecified atom stereocenters. The Morgan fingerprint density at radius 1 is 0.941 bits per heavy atom. The summed E-state index contributed by atoms with van der Waals surface area (Å²) in [6, 6.07) is 0. The van der Waals surface area contributed by atoms with Gasteiger partial charge in [0.1, 0.15) is 0 Å². The molecule has 0 fully saturated rings. The van der Waals surface area contributed by atoms with Crippen LogP contribution in [0.15, 0.2) is 0 Å². The molecule has 0 aliphatic rings. The highest BCUT2D eigenvalue weighted by Gasteiger charge is 2.02. The van der Waals surface area contributed by atoms with Crippen molar-refractivity contribution in [1.82, 2.24) is 5.32 Å². The molecule has 0 aliphatic carbocycles. The molecule has 6 heteroatoms. The Labute approximate surface area is 101 Å². The van der Waals surface area contributed by atoms with E-state index in [-0.39, 0.29) is 24.8 Å². The monoisotopic (exact) mass is 244 g/mol. The number of primary amides is 1. The molecule has 2 amide bonds. The van der Waals surface area contributed by atoms with Gasteiger partial charge in [-0.25, -0.2) is 0 Å². The van der Waals surface area contributed by atoms with Crippen molar-refractivity contribution in [2.24, 2.45) is 5.73 Å². The largest absolute Gasteiger partial charge is 0.481 e. The van der Waals surface area contributed by atoms with Gasteiger partial charge in [0.05, 0.1) is 6.42 Å². The van der Waals surface area contributed by atoms with Gasteiger partial charge >= 0.3 is 5.97 Å². The van der Waals surface area contributed by atoms with E-state index in [0.717, 1.165) is 25.7 Å². The van der Waals surface area contributed by atoms with Gasteiger partial charge in [0.15, 0.2) is 0 Å². The quantitative estimate of drug-likeness (QED) is 0.483. The van der Waals surface area contributed by atoms with Gasteiger partial charge in [0, 0.05) is 19.4 Å². The molecule has 0 saturated carbocycles. The molecule has 0 aromatic carbocycles. The van der Waals surface area contributed by atoms with Crippen molar-refractivity contribution in [1.29, 1.82) is 0 Å². The van der Waals surface area contributed by atoms with Crippen LogP contribution < -0.4 is 11.1 Å². The Hall–Kier alpha value is -1.59. The summed E-state index contributed by atoms with van der Waals surface area (Å²) in [4.78, 5) is 31.8. The molecule has 0 bridgehead atoms. The van der Waals surface area contributed by atoms with Crippen molar-refractivity contribution < 1.29 is 19.5 Å². The maximum Gasteiger partial charge on any atom is 0.305 e. The number of aliphatic carboxylic acids is 1. The first-order valence-electron chi connectivity index (χ1n) is 5.79. The smallest absolute Gasteiger partial charge is 0.305 e. The number of carboxylic acids is 1. The molecule has 0 heterocycles. The van der Waals surface area contributed by atoms with Gasteiger partial charge in [0.25, 0.3) is 0 Å². The number of rotatable bonds is 10. The molecule has 4 N–H and O–H groups in total. The fraction of sp³-hybridized carbons (Fsp3) is 0.727. The van der Waals surface area contributed by atoms with Gasteiger partial charge in [0.2, 0.25) is 11.8 Å². The number of nitrogens with two attached hydrogens (primary N) is 1. The van der Waals surface area contributed by atoms with E-state index in [9.17, 15) is 14.4 Å². The lowest BCUT2D eigenvalue weighted by atomic mass is 10.1. The highest BCUT2D eigenvalue weighted by atomic mass is 16.4. The first-order valence-corrected chi connectivity index (χ1v) is 5.79. The third kappa shape index (κ3) is 12.3. The summed E-state index contributed by atoms with van der Waals surface area (Å²) in [6.07, 6.45) is 4.00. The van der Waals surface area contributed by atoms with E-state index < -0.39 is 5.97 Å². The van der Waals surface area contributed by atoms with Crippen LogP contribution in [0.3, 0.4) is 0 Å². The van der Waals surface area contributed by atoms with Gasteiger partial charge in [-0.2, -0.15) is 0 Å². The molecule has 0 atom stereocenters. The predicted molar refractivity (Wildman–Crippen MR) is 62.2 cm³/mol. The lowest BCUT2D eigenvalue weighted by Crippen LogP contribution is -2.25. The number of nitrogens with one attached hydrogen (secondary N) is 1. The molecule has 0 radical (unpaired) electrons. The van der Waals surface area contributed by atoms with E-state index in [1.54, 1.807) is 0 Å². The Bertz CT molecular complexity index is 266. The second-order valence-corrected chi connectivity index (χ2v) is 3.87. The van der Waals surface area contributed by atoms with E-state index in [0.29, 0.717) is 12.8 Å². The molecule has 17 heavy (non-hydrogen) atoms. The van der Waals surface area contributed by atoms with Crippen LogP contribution in [0, 0.1) is 0 Å². The molecule has 0 saturated heterocycles. The highest BCUT2D eigenvalue weighted by Crippen LogP contribution is 2.04. The SMILES string of the molecule is NC(=O)CCCCCCC(=O)NCCC(=O)O. The summed E-state index contributed by atoms with van der Waals surface area (Å²) in [6.45, 7) is 0.176. The van der Waals surface area contributed by atoms with Gasteiger partial charge in [-0.05, 0) is 12.8 Å². The summed E-state index contributed by atoms with van der Waals surface area (Å²) < 4.78 is 0. The third-order valence-corrected chi connectivity index (χ3v) is 2.24. The predicted octanol–water partition coefficient (Wildman–Crippen LogP) is 0.403. The zero-order valence-electron chi connectivity index (χ0n) is 9.91. The Morgan fingerprint density at radius 2 is 1.53 bits per heavy atom. The number of carbonyl (C=O) groups is 3. The average molecular weight is 244 g/mol. The van der Waals surface area contributed by atoms with Crippen LogP contribution in [0.4, 0.5) is 0 Å². The molecule has 6 nitrogen and oxygen atoms in total. The van der Waals surface area contributed by atoms with Gasteiger partial charge < -0.3 is 16.2 Å². The molecule has 98 valence electrons. The van der Waals surface area contributed by atoms with Crippen molar-refractivity contribution >= 4 is 17.8 Å². The lowest BCUT2D eigenvalue weighted by Gasteiger charge is -2.03. The van der Waals surface area contributed by atoms with E-state index in [2.05, 4.69) is 5.32 Å². The highest BCUT2D eigenvalue weighted by molar-refractivity contribution is 5.76. The average Bonchev–Trinajstić information content (AvgIpc) is 2.22. The van der Waals surface area contributed by atoms with E-state index in [1.165, 1.54) is 0 Å². The number of carboxylic acid groups (broad SMARTS) is 1. The maximum atomic E-state index is 11.2. The third-order valence-electron chi connectivity index (χ3n) is 2.24. The Morgan fingerprint density at radius 3 is 2.06 bits per heavy atom. The van der Waals surface area contributed by atoms with E-state index in [1.807, 2.05) is 0 Å². The molecule has 0 aromatic heterocycles. The van der Waals surface area contributed by atoms with Crippen molar-refractivity contribution in [3.8, 4) is 0 Å². The van der Waals surface area contributed by atoms with Crippen LogP contribution in [0.5, 0.6) is 0 Å². The zero-order chi connectivity index (χ0) is 13.1. The number of carbonyl (C=O) groups excluding carboxylic acids is 2. The molecule has 0 aromatic rings. The minimum absolute atomic E-state index is 0.0512. The summed E-state index contributed by atoms with van der Waals surface area (Å²) in [5, 5.41) is 10.9. The molecular weight excluding hydrogens is 224 g/mol. The molecule has 0 rings (SSSR count). The summed E-state index contributed by atoms with van der Waals surface area (Å²) >= 11 is 0. The summed E-state index contributed by atoms with van der Waals surface area (Å²) in [5.41, 5.74) is 4.98. The van der Waals surface area contributed by atoms with E-state index in [4.69, 9.17) is 10.8 Å². The standard InChI is InChI=1S/C11H20N2O4/c12-9(14)5-3-1-2-4-6-10(15)13-8-7-11(16)17/h1-8H2,(H2,12,14)(H,13,15)(H,16,17).